The Morgan fingerprint density at radius 3 is 1.71 bits per heavy atom. The Hall–Kier alpha value is -3.74. The van der Waals surface area contributed by atoms with Crippen molar-refractivity contribution >= 4 is 35.4 Å². The second kappa shape index (κ2) is 5.39. The molecule has 3 aliphatic heterocycles. The fourth-order valence-electron chi connectivity index (χ4n) is 4.06. The third-order valence-electron chi connectivity index (χ3n) is 5.17. The van der Waals surface area contributed by atoms with E-state index in [2.05, 4.69) is 68.5 Å². The molecule has 7 nitrogen and oxygen atoms in total. The summed E-state index contributed by atoms with van der Waals surface area (Å²) in [6.45, 7) is 3.68. The lowest BCUT2D eigenvalue weighted by atomic mass is 9.95. The van der Waals surface area contributed by atoms with Gasteiger partial charge in [0.1, 0.15) is 17.5 Å². The standard InChI is InChI=1S/C21H15N7/c1-11-22-19-23-12(2)25-21-27-18(26-20(24-11)28(19)21)17-15-9-5-3-7-13(15)14-8-4-6-10-16(14)17/h3-10,17H,1-2H3. The number of fused-ring (bicyclic) bond motifs is 3. The second-order valence-electron chi connectivity index (χ2n) is 6.97. The first-order valence-corrected chi connectivity index (χ1v) is 9.12. The van der Waals surface area contributed by atoms with E-state index in [9.17, 15) is 0 Å². The van der Waals surface area contributed by atoms with E-state index in [1.54, 1.807) is 4.90 Å². The van der Waals surface area contributed by atoms with Gasteiger partial charge in [0.15, 0.2) is 0 Å². The molecular weight excluding hydrogens is 350 g/mol. The second-order valence-corrected chi connectivity index (χ2v) is 6.97. The third-order valence-corrected chi connectivity index (χ3v) is 5.17. The number of aliphatic imine (C=N–C) groups is 6. The highest BCUT2D eigenvalue weighted by Crippen LogP contribution is 2.45. The number of hydrogen-bond donors (Lipinski definition) is 0. The van der Waals surface area contributed by atoms with Gasteiger partial charge in [-0.05, 0) is 36.1 Å². The predicted octanol–water partition coefficient (Wildman–Crippen LogP) is 3.45. The molecule has 0 atom stereocenters. The lowest BCUT2D eigenvalue weighted by molar-refractivity contribution is 0.820. The summed E-state index contributed by atoms with van der Waals surface area (Å²) in [6, 6.07) is 16.8. The van der Waals surface area contributed by atoms with Gasteiger partial charge in [0.2, 0.25) is 17.9 Å². The van der Waals surface area contributed by atoms with Gasteiger partial charge in [-0.2, -0.15) is 30.0 Å². The minimum Gasteiger partial charge on any atom is -0.213 e. The van der Waals surface area contributed by atoms with Gasteiger partial charge in [-0.15, -0.1) is 0 Å². The molecule has 0 amide bonds. The highest BCUT2D eigenvalue weighted by Gasteiger charge is 2.38. The molecule has 0 radical (unpaired) electrons. The van der Waals surface area contributed by atoms with Gasteiger partial charge in [0.25, 0.3) is 0 Å². The summed E-state index contributed by atoms with van der Waals surface area (Å²) in [7, 11) is 0. The van der Waals surface area contributed by atoms with Gasteiger partial charge in [-0.3, -0.25) is 0 Å². The molecule has 134 valence electrons. The molecule has 28 heavy (non-hydrogen) atoms. The zero-order chi connectivity index (χ0) is 18.8. The summed E-state index contributed by atoms with van der Waals surface area (Å²) in [6.07, 6.45) is 0. The number of rotatable bonds is 1. The molecule has 3 heterocycles. The molecule has 1 aliphatic carbocycles. The molecule has 7 heteroatoms. The van der Waals surface area contributed by atoms with Crippen LogP contribution in [0.3, 0.4) is 0 Å². The highest BCUT2D eigenvalue weighted by molar-refractivity contribution is 6.31. The quantitative estimate of drug-likeness (QED) is 0.762. The first kappa shape index (κ1) is 15.3. The van der Waals surface area contributed by atoms with E-state index in [-0.39, 0.29) is 5.92 Å². The van der Waals surface area contributed by atoms with Crippen molar-refractivity contribution in [3.05, 3.63) is 59.7 Å². The van der Waals surface area contributed by atoms with Crippen LogP contribution < -0.4 is 0 Å². The lowest BCUT2D eigenvalue weighted by Gasteiger charge is -2.30. The molecule has 0 aromatic heterocycles. The predicted molar refractivity (Wildman–Crippen MR) is 112 cm³/mol. The molecule has 4 aliphatic rings. The SMILES string of the molecule is CC1=NC2=NC(C)=NC3=NC(C4c5ccccc5-c5ccccc54)=NC(=N1)N23. The molecule has 0 saturated carbocycles. The van der Waals surface area contributed by atoms with E-state index in [1.807, 2.05) is 13.8 Å². The van der Waals surface area contributed by atoms with E-state index >= 15 is 0 Å². The zero-order valence-corrected chi connectivity index (χ0v) is 15.3. The molecule has 0 saturated heterocycles. The summed E-state index contributed by atoms with van der Waals surface area (Å²) in [5, 5.41) is 0. The van der Waals surface area contributed by atoms with Crippen LogP contribution in [0.15, 0.2) is 78.5 Å². The maximum atomic E-state index is 4.82. The monoisotopic (exact) mass is 365 g/mol. The molecule has 2 aromatic rings. The van der Waals surface area contributed by atoms with Gasteiger partial charge in [0.05, 0.1) is 5.92 Å². The average molecular weight is 365 g/mol. The number of hydrogen-bond acceptors (Lipinski definition) is 7. The van der Waals surface area contributed by atoms with Crippen LogP contribution in [0.5, 0.6) is 0 Å². The first-order chi connectivity index (χ1) is 13.7. The molecule has 6 rings (SSSR count). The molecule has 0 fully saturated rings. The minimum absolute atomic E-state index is 0.0539. The number of guanidine groups is 3. The summed E-state index contributed by atoms with van der Waals surface area (Å²) in [5.41, 5.74) is 4.85. The van der Waals surface area contributed by atoms with Crippen LogP contribution in [-0.4, -0.2) is 40.3 Å². The Morgan fingerprint density at radius 1 is 0.607 bits per heavy atom. The molecule has 2 aromatic carbocycles. The van der Waals surface area contributed by atoms with Gasteiger partial charge >= 0.3 is 0 Å². The molecule has 0 N–H and O–H groups in total. The van der Waals surface area contributed by atoms with Crippen molar-refractivity contribution in [1.29, 1.82) is 0 Å². The van der Waals surface area contributed by atoms with Crippen molar-refractivity contribution in [1.82, 2.24) is 4.90 Å². The summed E-state index contributed by atoms with van der Waals surface area (Å²) < 4.78 is 0. The van der Waals surface area contributed by atoms with Gasteiger partial charge in [-0.1, -0.05) is 48.5 Å². The van der Waals surface area contributed by atoms with Crippen LogP contribution in [0.1, 0.15) is 30.9 Å². The van der Waals surface area contributed by atoms with Crippen molar-refractivity contribution in [3.63, 3.8) is 0 Å². The van der Waals surface area contributed by atoms with Crippen molar-refractivity contribution in [2.75, 3.05) is 0 Å². The van der Waals surface area contributed by atoms with Crippen molar-refractivity contribution < 1.29 is 0 Å². The fraction of sp³-hybridized carbons (Fsp3) is 0.143. The fourth-order valence-corrected chi connectivity index (χ4v) is 4.06. The topological polar surface area (TPSA) is 77.4 Å². The number of amidine groups is 3. The Balaban J connectivity index is 1.58. The Morgan fingerprint density at radius 2 is 1.11 bits per heavy atom. The van der Waals surface area contributed by atoms with Crippen LogP contribution in [0.4, 0.5) is 0 Å². The van der Waals surface area contributed by atoms with Crippen LogP contribution in [0.2, 0.25) is 0 Å². The van der Waals surface area contributed by atoms with Gasteiger partial charge < -0.3 is 0 Å². The van der Waals surface area contributed by atoms with Crippen LogP contribution >= 0.6 is 0 Å². The van der Waals surface area contributed by atoms with Crippen LogP contribution in [0, 0.1) is 0 Å². The Bertz CT molecular complexity index is 1200. The molecule has 0 unspecified atom stereocenters. The summed E-state index contributed by atoms with van der Waals surface area (Å²) >= 11 is 0. The van der Waals surface area contributed by atoms with Gasteiger partial charge in [0, 0.05) is 0 Å². The lowest BCUT2D eigenvalue weighted by Crippen LogP contribution is -2.47. The Kier molecular flexibility index (Phi) is 2.95. The largest absolute Gasteiger partial charge is 0.243 e. The van der Waals surface area contributed by atoms with Crippen LogP contribution in [0.25, 0.3) is 11.1 Å². The number of benzene rings is 2. The first-order valence-electron chi connectivity index (χ1n) is 9.12. The van der Waals surface area contributed by atoms with Crippen molar-refractivity contribution in [3.8, 4) is 11.1 Å². The van der Waals surface area contributed by atoms with Crippen LogP contribution in [-0.2, 0) is 0 Å². The molecular formula is C21H15N7. The van der Waals surface area contributed by atoms with E-state index in [4.69, 9.17) is 9.98 Å². The number of nitrogens with zero attached hydrogens (tertiary/aromatic N) is 7. The van der Waals surface area contributed by atoms with Gasteiger partial charge in [-0.25, -0.2) is 4.90 Å². The zero-order valence-electron chi connectivity index (χ0n) is 15.3. The van der Waals surface area contributed by atoms with Crippen molar-refractivity contribution in [2.24, 2.45) is 30.0 Å². The van der Waals surface area contributed by atoms with E-state index < -0.39 is 0 Å². The maximum Gasteiger partial charge on any atom is 0.243 e. The van der Waals surface area contributed by atoms with E-state index in [1.165, 1.54) is 22.3 Å². The average Bonchev–Trinajstić information content (AvgIpc) is 3.01. The molecule has 0 bridgehead atoms. The Labute approximate surface area is 161 Å². The van der Waals surface area contributed by atoms with Crippen molar-refractivity contribution in [2.45, 2.75) is 19.8 Å². The smallest absolute Gasteiger partial charge is 0.213 e. The normalized spacial score (nSPS) is 19.4. The van der Waals surface area contributed by atoms with E-state index in [0.29, 0.717) is 35.4 Å². The highest BCUT2D eigenvalue weighted by atomic mass is 15.5. The summed E-state index contributed by atoms with van der Waals surface area (Å²) in [4.78, 5) is 29.2. The summed E-state index contributed by atoms with van der Waals surface area (Å²) in [5.74, 6) is 3.43. The van der Waals surface area contributed by atoms with E-state index in [0.717, 1.165) is 0 Å². The third kappa shape index (κ3) is 2.04. The maximum absolute atomic E-state index is 4.82. The molecule has 0 spiro atoms. The minimum atomic E-state index is -0.0539.